The maximum Gasteiger partial charge on any atom is 0.224 e. The lowest BCUT2D eigenvalue weighted by molar-refractivity contribution is -0.116. The van der Waals surface area contributed by atoms with E-state index in [1.54, 1.807) is 6.33 Å². The summed E-state index contributed by atoms with van der Waals surface area (Å²) in [5.74, 6) is 1.73. The van der Waals surface area contributed by atoms with Crippen molar-refractivity contribution in [3.63, 3.8) is 0 Å². The van der Waals surface area contributed by atoms with Crippen LogP contribution in [0.3, 0.4) is 0 Å². The van der Waals surface area contributed by atoms with Gasteiger partial charge >= 0.3 is 0 Å². The van der Waals surface area contributed by atoms with Gasteiger partial charge < -0.3 is 10.2 Å². The summed E-state index contributed by atoms with van der Waals surface area (Å²) in [6, 6.07) is 9.83. The van der Waals surface area contributed by atoms with Crippen molar-refractivity contribution >= 4 is 17.4 Å². The van der Waals surface area contributed by atoms with Crippen LogP contribution in [-0.4, -0.2) is 38.7 Å². The first-order valence-electron chi connectivity index (χ1n) is 11.0. The van der Waals surface area contributed by atoms with Gasteiger partial charge in [-0.25, -0.2) is 14.6 Å². The molecule has 1 amide bonds. The van der Waals surface area contributed by atoms with Crippen LogP contribution in [0, 0.1) is 20.8 Å². The highest BCUT2D eigenvalue weighted by Gasteiger charge is 2.17. The van der Waals surface area contributed by atoms with Crippen molar-refractivity contribution in [1.82, 2.24) is 19.7 Å². The summed E-state index contributed by atoms with van der Waals surface area (Å²) < 4.78 is 1.87. The first kappa shape index (κ1) is 21.0. The molecule has 7 nitrogen and oxygen atoms in total. The van der Waals surface area contributed by atoms with Crippen LogP contribution in [0.4, 0.5) is 11.5 Å². The normalized spacial score (nSPS) is 14.0. The number of aromatic nitrogens is 4. The predicted molar refractivity (Wildman–Crippen MR) is 123 cm³/mol. The molecular formula is C24H30N6O. The molecule has 1 aliphatic rings. The largest absolute Gasteiger partial charge is 0.356 e. The Hall–Kier alpha value is -3.22. The second-order valence-corrected chi connectivity index (χ2v) is 8.21. The molecule has 0 atom stereocenters. The fourth-order valence-electron chi connectivity index (χ4n) is 4.17. The minimum absolute atomic E-state index is 0.00951. The van der Waals surface area contributed by atoms with Gasteiger partial charge in [0.25, 0.3) is 0 Å². The predicted octanol–water partition coefficient (Wildman–Crippen LogP) is 4.15. The van der Waals surface area contributed by atoms with Gasteiger partial charge in [-0.1, -0.05) is 18.2 Å². The highest BCUT2D eigenvalue weighted by Crippen LogP contribution is 2.22. The second-order valence-electron chi connectivity index (χ2n) is 8.21. The molecule has 1 fully saturated rings. The van der Waals surface area contributed by atoms with Gasteiger partial charge in [-0.2, -0.15) is 5.10 Å². The molecule has 0 unspecified atom stereocenters. The molecule has 1 saturated heterocycles. The van der Waals surface area contributed by atoms with Crippen molar-refractivity contribution in [3.8, 4) is 5.82 Å². The maximum atomic E-state index is 12.5. The van der Waals surface area contributed by atoms with E-state index < -0.39 is 0 Å². The van der Waals surface area contributed by atoms with E-state index in [2.05, 4.69) is 20.2 Å². The number of benzene rings is 1. The molecule has 1 N–H and O–H groups in total. The van der Waals surface area contributed by atoms with Crippen LogP contribution in [0.5, 0.6) is 0 Å². The summed E-state index contributed by atoms with van der Waals surface area (Å²) in [7, 11) is 0. The Labute approximate surface area is 183 Å². The highest BCUT2D eigenvalue weighted by atomic mass is 16.1. The number of para-hydroxylation sites is 1. The van der Waals surface area contributed by atoms with Crippen LogP contribution < -0.4 is 10.2 Å². The smallest absolute Gasteiger partial charge is 0.224 e. The van der Waals surface area contributed by atoms with E-state index >= 15 is 0 Å². The average molecular weight is 419 g/mol. The molecule has 0 saturated carbocycles. The molecular weight excluding hydrogens is 388 g/mol. The zero-order chi connectivity index (χ0) is 21.8. The zero-order valence-electron chi connectivity index (χ0n) is 18.6. The maximum absolute atomic E-state index is 12.5. The minimum atomic E-state index is 0.00951. The summed E-state index contributed by atoms with van der Waals surface area (Å²) in [4.78, 5) is 23.7. The summed E-state index contributed by atoms with van der Waals surface area (Å²) in [6.45, 7) is 8.10. The number of aryl methyl sites for hydroxylation is 2. The molecule has 0 aliphatic carbocycles. The lowest BCUT2D eigenvalue weighted by Gasteiger charge is -2.27. The highest BCUT2D eigenvalue weighted by molar-refractivity contribution is 5.91. The zero-order valence-corrected chi connectivity index (χ0v) is 18.6. The lowest BCUT2D eigenvalue weighted by atomic mass is 10.1. The first-order valence-corrected chi connectivity index (χ1v) is 11.0. The molecule has 3 heterocycles. The topological polar surface area (TPSA) is 75.9 Å². The summed E-state index contributed by atoms with van der Waals surface area (Å²) in [5.41, 5.74) is 4.97. The molecule has 1 aromatic carbocycles. The standard InChI is InChI=1S/C24H30N6O/c1-17-9-5-6-10-21(17)27-24(31)12-11-20-18(2)28-30(19(20)3)23-15-22(25-16-26-23)29-13-7-4-8-14-29/h5-6,9-10,15-16H,4,7-8,11-14H2,1-3H3,(H,27,31). The van der Waals surface area contributed by atoms with Crippen molar-refractivity contribution < 1.29 is 4.79 Å². The fraction of sp³-hybridized carbons (Fsp3) is 0.417. The Bertz CT molecular complexity index is 1070. The number of hydrogen-bond donors (Lipinski definition) is 1. The van der Waals surface area contributed by atoms with Crippen LogP contribution in [-0.2, 0) is 11.2 Å². The molecule has 3 aromatic rings. The van der Waals surface area contributed by atoms with Gasteiger partial charge in [0.1, 0.15) is 12.1 Å². The van der Waals surface area contributed by atoms with E-state index in [0.29, 0.717) is 12.8 Å². The average Bonchev–Trinajstić information content (AvgIpc) is 3.08. The third-order valence-electron chi connectivity index (χ3n) is 6.00. The first-order chi connectivity index (χ1) is 15.0. The van der Waals surface area contributed by atoms with Crippen LogP contribution in [0.25, 0.3) is 5.82 Å². The summed E-state index contributed by atoms with van der Waals surface area (Å²) >= 11 is 0. The number of carbonyl (C=O) groups is 1. The van der Waals surface area contributed by atoms with E-state index in [-0.39, 0.29) is 5.91 Å². The molecule has 4 rings (SSSR count). The fourth-order valence-corrected chi connectivity index (χ4v) is 4.17. The van der Waals surface area contributed by atoms with Crippen molar-refractivity contribution in [1.29, 1.82) is 0 Å². The number of carbonyl (C=O) groups excluding carboxylic acids is 1. The molecule has 0 radical (unpaired) electrons. The third kappa shape index (κ3) is 4.76. The number of piperidine rings is 1. The monoisotopic (exact) mass is 418 g/mol. The van der Waals surface area contributed by atoms with Gasteiger partial charge in [0.2, 0.25) is 5.91 Å². The molecule has 7 heteroatoms. The van der Waals surface area contributed by atoms with Gasteiger partial charge in [-0.05, 0) is 63.6 Å². The van der Waals surface area contributed by atoms with E-state index in [1.165, 1.54) is 19.3 Å². The van der Waals surface area contributed by atoms with Crippen molar-refractivity contribution in [2.24, 2.45) is 0 Å². The Kier molecular flexibility index (Phi) is 6.30. The van der Waals surface area contributed by atoms with Crippen molar-refractivity contribution in [2.45, 2.75) is 52.9 Å². The second kappa shape index (κ2) is 9.29. The Morgan fingerprint density at radius 2 is 1.77 bits per heavy atom. The molecule has 31 heavy (non-hydrogen) atoms. The number of hydrogen-bond acceptors (Lipinski definition) is 5. The Balaban J connectivity index is 1.47. The molecule has 1 aliphatic heterocycles. The summed E-state index contributed by atoms with van der Waals surface area (Å²) in [5, 5.41) is 7.73. The molecule has 0 spiro atoms. The van der Waals surface area contributed by atoms with Crippen LogP contribution in [0.2, 0.25) is 0 Å². The summed E-state index contributed by atoms with van der Waals surface area (Å²) in [6.07, 6.45) is 6.35. The lowest BCUT2D eigenvalue weighted by Crippen LogP contribution is -2.30. The number of amides is 1. The van der Waals surface area contributed by atoms with Crippen LogP contribution in [0.1, 0.15) is 48.2 Å². The van der Waals surface area contributed by atoms with E-state index in [0.717, 1.165) is 52.9 Å². The number of rotatable bonds is 6. The number of nitrogens with zero attached hydrogens (tertiary/aromatic N) is 5. The third-order valence-corrected chi connectivity index (χ3v) is 6.00. The van der Waals surface area contributed by atoms with Crippen LogP contribution in [0.15, 0.2) is 36.7 Å². The number of anilines is 2. The van der Waals surface area contributed by atoms with Gasteiger partial charge in [0.05, 0.1) is 5.69 Å². The van der Waals surface area contributed by atoms with Crippen molar-refractivity contribution in [2.75, 3.05) is 23.3 Å². The van der Waals surface area contributed by atoms with Gasteiger partial charge in [-0.15, -0.1) is 0 Å². The van der Waals surface area contributed by atoms with Crippen molar-refractivity contribution in [3.05, 3.63) is 59.2 Å². The van der Waals surface area contributed by atoms with Gasteiger partial charge in [-0.3, -0.25) is 4.79 Å². The Morgan fingerprint density at radius 1 is 1.03 bits per heavy atom. The molecule has 0 bridgehead atoms. The molecule has 2 aromatic heterocycles. The molecule has 162 valence electrons. The number of nitrogens with one attached hydrogen (secondary N) is 1. The van der Waals surface area contributed by atoms with Gasteiger partial charge in [0.15, 0.2) is 5.82 Å². The minimum Gasteiger partial charge on any atom is -0.356 e. The van der Waals surface area contributed by atoms with E-state index in [4.69, 9.17) is 5.10 Å². The van der Waals surface area contributed by atoms with E-state index in [9.17, 15) is 4.79 Å². The SMILES string of the molecule is Cc1ccccc1NC(=O)CCc1c(C)nn(-c2cc(N3CCCCC3)ncn2)c1C. The van der Waals surface area contributed by atoms with E-state index in [1.807, 2.05) is 55.8 Å². The van der Waals surface area contributed by atoms with Gasteiger partial charge in [0, 0.05) is 37.0 Å². The quantitative estimate of drug-likeness (QED) is 0.651. The van der Waals surface area contributed by atoms with Crippen LogP contribution >= 0.6 is 0 Å². The Morgan fingerprint density at radius 3 is 2.55 bits per heavy atom.